The van der Waals surface area contributed by atoms with Crippen LogP contribution in [-0.2, 0) is 21.4 Å². The molecule has 0 aromatic heterocycles. The number of sulfonamides is 1. The molecule has 1 N–H and O–H groups in total. The summed E-state index contributed by atoms with van der Waals surface area (Å²) in [6, 6.07) is 6.79. The van der Waals surface area contributed by atoms with Crippen molar-refractivity contribution in [3.63, 3.8) is 0 Å². The van der Waals surface area contributed by atoms with Crippen LogP contribution in [-0.4, -0.2) is 37.9 Å². The fourth-order valence-electron chi connectivity index (χ4n) is 3.30. The predicted molar refractivity (Wildman–Crippen MR) is 103 cm³/mol. The minimum absolute atomic E-state index is 0.0337. The van der Waals surface area contributed by atoms with Gasteiger partial charge in [-0.25, -0.2) is 35.2 Å². The number of nitrogens with zero attached hydrogens (tertiary/aromatic N) is 1. The fraction of sp³-hybridized carbons (Fsp3) is 0.350. The monoisotopic (exact) mass is 478 g/mol. The molecular weight excluding hydrogens is 459 g/mol. The van der Waals surface area contributed by atoms with Gasteiger partial charge in [0, 0.05) is 19.1 Å². The zero-order valence-electron chi connectivity index (χ0n) is 16.8. The Bertz CT molecular complexity index is 1110. The van der Waals surface area contributed by atoms with E-state index in [1.54, 1.807) is 12.1 Å². The number of alkyl carbamates (subject to hydrolysis) is 1. The summed E-state index contributed by atoms with van der Waals surface area (Å²) in [6.45, 7) is 1.29. The van der Waals surface area contributed by atoms with Crippen molar-refractivity contribution in [2.75, 3.05) is 13.1 Å². The molecule has 1 heterocycles. The lowest BCUT2D eigenvalue weighted by molar-refractivity contribution is 0.131. The van der Waals surface area contributed by atoms with Crippen LogP contribution in [0.5, 0.6) is 0 Å². The highest BCUT2D eigenvalue weighted by atomic mass is 32.2. The van der Waals surface area contributed by atoms with E-state index >= 15 is 0 Å². The van der Waals surface area contributed by atoms with Gasteiger partial charge in [0.1, 0.15) is 6.61 Å². The van der Waals surface area contributed by atoms with Gasteiger partial charge in [-0.05, 0) is 30.9 Å². The molecule has 1 aliphatic heterocycles. The summed E-state index contributed by atoms with van der Waals surface area (Å²) < 4.78 is 98.8. The average Bonchev–Trinajstić information content (AvgIpc) is 2.76. The second-order valence-electron chi connectivity index (χ2n) is 7.22. The van der Waals surface area contributed by atoms with Crippen molar-refractivity contribution in [3.05, 3.63) is 64.5 Å². The standard InChI is InChI=1S/C20H19F5N2O4S/c1-11-4-2-3-5-12(11)10-31-20(28)26-13-6-8-27(9-7-13)32(29,30)19-17(24)15(22)14(21)16(23)18(19)25/h2-5,13H,6-10H2,1H3,(H,26,28). The molecule has 0 spiro atoms. The van der Waals surface area contributed by atoms with Crippen molar-refractivity contribution in [3.8, 4) is 0 Å². The zero-order valence-corrected chi connectivity index (χ0v) is 17.6. The van der Waals surface area contributed by atoms with Crippen molar-refractivity contribution >= 4 is 16.1 Å². The van der Waals surface area contributed by atoms with Crippen LogP contribution in [0, 0.1) is 36.0 Å². The molecule has 0 atom stereocenters. The number of piperidine rings is 1. The lowest BCUT2D eigenvalue weighted by atomic mass is 10.1. The highest BCUT2D eigenvalue weighted by Crippen LogP contribution is 2.30. The van der Waals surface area contributed by atoms with Crippen molar-refractivity contribution in [2.24, 2.45) is 0 Å². The molecule has 3 rings (SSSR count). The van der Waals surface area contributed by atoms with Crippen LogP contribution in [0.3, 0.4) is 0 Å². The molecule has 32 heavy (non-hydrogen) atoms. The molecule has 6 nitrogen and oxygen atoms in total. The minimum atomic E-state index is -5.00. The van der Waals surface area contributed by atoms with Crippen LogP contribution in [0.25, 0.3) is 0 Å². The first-order valence-corrected chi connectivity index (χ1v) is 11.0. The molecule has 0 radical (unpaired) electrons. The first-order chi connectivity index (χ1) is 15.0. The maximum Gasteiger partial charge on any atom is 0.407 e. The third-order valence-electron chi connectivity index (χ3n) is 5.16. The SMILES string of the molecule is Cc1ccccc1COC(=O)NC1CCN(S(=O)(=O)c2c(F)c(F)c(F)c(F)c2F)CC1. The van der Waals surface area contributed by atoms with E-state index in [0.29, 0.717) is 4.31 Å². The number of hydrogen-bond donors (Lipinski definition) is 1. The Morgan fingerprint density at radius 1 is 1.00 bits per heavy atom. The molecular formula is C20H19F5N2O4S. The lowest BCUT2D eigenvalue weighted by Gasteiger charge is -2.31. The third kappa shape index (κ3) is 4.70. The Labute approximate surface area is 181 Å². The Morgan fingerprint density at radius 3 is 2.09 bits per heavy atom. The number of carbonyl (C=O) groups excluding carboxylic acids is 1. The van der Waals surface area contributed by atoms with Gasteiger partial charge in [0.05, 0.1) is 0 Å². The summed E-state index contributed by atoms with van der Waals surface area (Å²) in [5.41, 5.74) is 1.75. The van der Waals surface area contributed by atoms with Gasteiger partial charge < -0.3 is 10.1 Å². The Morgan fingerprint density at radius 2 is 1.53 bits per heavy atom. The molecule has 0 aliphatic carbocycles. The van der Waals surface area contributed by atoms with Crippen molar-refractivity contribution in [2.45, 2.75) is 37.3 Å². The summed E-state index contributed by atoms with van der Waals surface area (Å²) in [5, 5.41) is 2.57. The zero-order chi connectivity index (χ0) is 23.6. The van der Waals surface area contributed by atoms with Crippen molar-refractivity contribution < 1.29 is 39.9 Å². The molecule has 12 heteroatoms. The van der Waals surface area contributed by atoms with E-state index in [4.69, 9.17) is 4.74 Å². The van der Waals surface area contributed by atoms with Crippen LogP contribution in [0.1, 0.15) is 24.0 Å². The molecule has 1 amide bonds. The molecule has 2 aromatic rings. The number of halogens is 5. The number of amides is 1. The largest absolute Gasteiger partial charge is 0.445 e. The topological polar surface area (TPSA) is 75.7 Å². The molecule has 1 saturated heterocycles. The Hall–Kier alpha value is -2.73. The van der Waals surface area contributed by atoms with Crippen LogP contribution >= 0.6 is 0 Å². The van der Waals surface area contributed by atoms with E-state index < -0.39 is 56.1 Å². The molecule has 2 aromatic carbocycles. The molecule has 1 fully saturated rings. The number of rotatable bonds is 5. The first-order valence-electron chi connectivity index (χ1n) is 9.53. The first kappa shape index (κ1) is 23.9. The van der Waals surface area contributed by atoms with Gasteiger partial charge in [-0.3, -0.25) is 0 Å². The molecule has 1 aliphatic rings. The van der Waals surface area contributed by atoms with Crippen LogP contribution in [0.15, 0.2) is 29.2 Å². The quantitative estimate of drug-likeness (QED) is 0.403. The summed E-state index contributed by atoms with van der Waals surface area (Å²) >= 11 is 0. The van der Waals surface area contributed by atoms with E-state index in [-0.39, 0.29) is 32.5 Å². The molecule has 0 saturated carbocycles. The maximum atomic E-state index is 14.0. The number of nitrogens with one attached hydrogen (secondary N) is 1. The van der Waals surface area contributed by atoms with Crippen molar-refractivity contribution in [1.29, 1.82) is 0 Å². The number of ether oxygens (including phenoxy) is 1. The normalized spacial score (nSPS) is 15.6. The van der Waals surface area contributed by atoms with Crippen molar-refractivity contribution in [1.82, 2.24) is 9.62 Å². The van der Waals surface area contributed by atoms with Gasteiger partial charge in [0.25, 0.3) is 0 Å². The number of carbonyl (C=O) groups is 1. The summed E-state index contributed by atoms with van der Waals surface area (Å²) in [4.78, 5) is 10.1. The van der Waals surface area contributed by atoms with Gasteiger partial charge in [-0.2, -0.15) is 4.31 Å². The highest BCUT2D eigenvalue weighted by Gasteiger charge is 2.38. The molecule has 0 unspecified atom stereocenters. The second kappa shape index (κ2) is 9.41. The van der Waals surface area contributed by atoms with E-state index in [0.717, 1.165) is 11.1 Å². The number of hydrogen-bond acceptors (Lipinski definition) is 4. The van der Waals surface area contributed by atoms with Gasteiger partial charge in [-0.1, -0.05) is 24.3 Å². The number of aryl methyl sites for hydroxylation is 1. The van der Waals surface area contributed by atoms with E-state index in [2.05, 4.69) is 5.32 Å². The highest BCUT2D eigenvalue weighted by molar-refractivity contribution is 7.89. The molecule has 174 valence electrons. The summed E-state index contributed by atoms with van der Waals surface area (Å²) in [7, 11) is -5.00. The Kier molecular flexibility index (Phi) is 7.03. The minimum Gasteiger partial charge on any atom is -0.445 e. The second-order valence-corrected chi connectivity index (χ2v) is 9.10. The third-order valence-corrected chi connectivity index (χ3v) is 7.08. The van der Waals surface area contributed by atoms with E-state index in [9.17, 15) is 35.2 Å². The van der Waals surface area contributed by atoms with Crippen LogP contribution in [0.4, 0.5) is 26.7 Å². The lowest BCUT2D eigenvalue weighted by Crippen LogP contribution is -2.47. The van der Waals surface area contributed by atoms with E-state index in [1.165, 1.54) is 0 Å². The maximum absolute atomic E-state index is 14.0. The predicted octanol–water partition coefficient (Wildman–Crippen LogP) is 3.77. The smallest absolute Gasteiger partial charge is 0.407 e. The number of benzene rings is 2. The van der Waals surface area contributed by atoms with Gasteiger partial charge in [0.2, 0.25) is 15.8 Å². The summed E-state index contributed by atoms with van der Waals surface area (Å²) in [6.07, 6.45) is -0.628. The fourth-order valence-corrected chi connectivity index (χ4v) is 4.89. The Balaban J connectivity index is 1.62. The van der Waals surface area contributed by atoms with Gasteiger partial charge >= 0.3 is 6.09 Å². The van der Waals surface area contributed by atoms with Gasteiger partial charge in [-0.15, -0.1) is 0 Å². The molecule has 0 bridgehead atoms. The summed E-state index contributed by atoms with van der Waals surface area (Å²) in [5.74, 6) is -11.9. The van der Waals surface area contributed by atoms with E-state index in [1.807, 2.05) is 19.1 Å². The van der Waals surface area contributed by atoms with Gasteiger partial charge in [0.15, 0.2) is 28.2 Å². The average molecular weight is 478 g/mol. The van der Waals surface area contributed by atoms with Crippen LogP contribution in [0.2, 0.25) is 0 Å². The van der Waals surface area contributed by atoms with Crippen LogP contribution < -0.4 is 5.32 Å².